The van der Waals surface area contributed by atoms with Gasteiger partial charge in [0.05, 0.1) is 16.8 Å². The van der Waals surface area contributed by atoms with Crippen molar-refractivity contribution in [2.24, 2.45) is 0 Å². The van der Waals surface area contributed by atoms with Crippen LogP contribution in [0.25, 0.3) is 16.5 Å². The van der Waals surface area contributed by atoms with Crippen LogP contribution >= 0.6 is 33.9 Å². The van der Waals surface area contributed by atoms with Crippen molar-refractivity contribution in [3.63, 3.8) is 0 Å². The van der Waals surface area contributed by atoms with Crippen LogP contribution in [0.1, 0.15) is 4.88 Å². The summed E-state index contributed by atoms with van der Waals surface area (Å²) in [6, 6.07) is 9.59. The van der Waals surface area contributed by atoms with Crippen LogP contribution in [0.4, 0.5) is 25.0 Å². The number of alkyl halides is 1. The first-order valence-electron chi connectivity index (χ1n) is 9.94. The first kappa shape index (κ1) is 25.1. The van der Waals surface area contributed by atoms with Gasteiger partial charge in [-0.25, -0.2) is 26.7 Å². The Bertz CT molecular complexity index is 1620. The molecular weight excluding hydrogens is 613 g/mol. The van der Waals surface area contributed by atoms with Gasteiger partial charge in [-0.05, 0) is 53.9 Å². The number of hydrogen-bond acceptors (Lipinski definition) is 6. The molecule has 0 saturated heterocycles. The maximum Gasteiger partial charge on any atom is 0.333 e. The van der Waals surface area contributed by atoms with E-state index in [4.69, 9.17) is 0 Å². The minimum Gasteiger partial charge on any atom is -0.386 e. The number of sulfonamides is 1. The van der Waals surface area contributed by atoms with Gasteiger partial charge < -0.3 is 10.6 Å². The zero-order chi connectivity index (χ0) is 25.3. The Labute approximate surface area is 216 Å². The van der Waals surface area contributed by atoms with Gasteiger partial charge in [0.15, 0.2) is 0 Å². The second kappa shape index (κ2) is 9.91. The number of halogens is 3. The van der Waals surface area contributed by atoms with E-state index in [0.29, 0.717) is 9.81 Å². The second-order valence-corrected chi connectivity index (χ2v) is 11.1. The summed E-state index contributed by atoms with van der Waals surface area (Å²) in [6.45, 7) is 0. The molecule has 0 spiro atoms. The number of amides is 2. The maximum atomic E-state index is 14.9. The van der Waals surface area contributed by atoms with Crippen LogP contribution in [-0.4, -0.2) is 26.1 Å². The molecule has 2 amide bonds. The first-order chi connectivity index (χ1) is 16.6. The van der Waals surface area contributed by atoms with Crippen LogP contribution in [0.2, 0.25) is 0 Å². The molecule has 2 aromatic heterocycles. The number of carbonyl (C=O) groups excluding carboxylic acids is 1. The SMILES string of the molecule is CNc1cc2ccn(-c3ccc(NC(=O)NS(=O)(=O)c4ccc(CI)s4)cc3F)c(=O)c2cc1F. The molecule has 35 heavy (non-hydrogen) atoms. The van der Waals surface area contributed by atoms with Gasteiger partial charge >= 0.3 is 6.03 Å². The van der Waals surface area contributed by atoms with Gasteiger partial charge in [-0.15, -0.1) is 11.3 Å². The average molecular weight is 630 g/mol. The van der Waals surface area contributed by atoms with Crippen LogP contribution < -0.4 is 20.9 Å². The molecule has 4 aromatic rings. The molecule has 0 unspecified atom stereocenters. The lowest BCUT2D eigenvalue weighted by Crippen LogP contribution is -2.34. The third-order valence-corrected chi connectivity index (χ3v) is 9.23. The summed E-state index contributed by atoms with van der Waals surface area (Å²) in [7, 11) is -2.53. The van der Waals surface area contributed by atoms with Crippen LogP contribution in [0.15, 0.2) is 63.7 Å². The minimum atomic E-state index is -4.09. The van der Waals surface area contributed by atoms with Crippen molar-refractivity contribution in [1.29, 1.82) is 0 Å². The molecule has 0 saturated carbocycles. The fraction of sp³-hybridized carbons (Fsp3) is 0.0909. The number of benzene rings is 2. The molecule has 0 bridgehead atoms. The molecule has 4 rings (SSSR count). The van der Waals surface area contributed by atoms with Crippen LogP contribution in [0.5, 0.6) is 0 Å². The number of hydrogen-bond donors (Lipinski definition) is 3. The van der Waals surface area contributed by atoms with Crippen LogP contribution in [0.3, 0.4) is 0 Å². The van der Waals surface area contributed by atoms with Gasteiger partial charge in [-0.2, -0.15) is 0 Å². The zero-order valence-corrected chi connectivity index (χ0v) is 21.7. The highest BCUT2D eigenvalue weighted by atomic mass is 127. The smallest absolute Gasteiger partial charge is 0.333 e. The van der Waals surface area contributed by atoms with Gasteiger partial charge in [-0.3, -0.25) is 9.36 Å². The fourth-order valence-electron chi connectivity index (χ4n) is 3.33. The lowest BCUT2D eigenvalue weighted by molar-refractivity contribution is 0.256. The largest absolute Gasteiger partial charge is 0.386 e. The van der Waals surface area contributed by atoms with Crippen molar-refractivity contribution in [2.75, 3.05) is 17.7 Å². The summed E-state index contributed by atoms with van der Waals surface area (Å²) in [6.07, 6.45) is 1.36. The van der Waals surface area contributed by atoms with E-state index in [0.717, 1.165) is 32.9 Å². The van der Waals surface area contributed by atoms with E-state index in [1.165, 1.54) is 30.5 Å². The lowest BCUT2D eigenvalue weighted by atomic mass is 10.1. The predicted molar refractivity (Wildman–Crippen MR) is 140 cm³/mol. The van der Waals surface area contributed by atoms with Gasteiger partial charge in [0.2, 0.25) is 0 Å². The molecule has 0 radical (unpaired) electrons. The van der Waals surface area contributed by atoms with Gasteiger partial charge in [0, 0.05) is 28.2 Å². The topological polar surface area (TPSA) is 109 Å². The summed E-state index contributed by atoms with van der Waals surface area (Å²) in [5.74, 6) is -1.48. The number of thiophene rings is 1. The molecule has 0 atom stereocenters. The van der Waals surface area contributed by atoms with Crippen molar-refractivity contribution in [3.8, 4) is 5.69 Å². The van der Waals surface area contributed by atoms with E-state index in [2.05, 4.69) is 33.2 Å². The van der Waals surface area contributed by atoms with E-state index < -0.39 is 33.2 Å². The van der Waals surface area contributed by atoms with E-state index in [-0.39, 0.29) is 26.7 Å². The highest BCUT2D eigenvalue weighted by Gasteiger charge is 2.20. The molecule has 2 heterocycles. The first-order valence-corrected chi connectivity index (χ1v) is 13.8. The number of carbonyl (C=O) groups is 1. The standard InChI is InChI=1S/C22H17F2IN4O4S2/c1-26-18-8-12-6-7-29(21(30)15(12)10-16(18)23)19-4-2-13(9-17(19)24)27-22(31)28-35(32,33)20-5-3-14(11-25)34-20/h2-10,26H,11H2,1H3,(H2,27,28,31). The average Bonchev–Trinajstić information content (AvgIpc) is 3.30. The molecular formula is C22H17F2IN4O4S2. The minimum absolute atomic E-state index is 0.0187. The normalized spacial score (nSPS) is 11.4. The molecule has 182 valence electrons. The van der Waals surface area contributed by atoms with Gasteiger partial charge in [0.1, 0.15) is 15.8 Å². The highest BCUT2D eigenvalue weighted by molar-refractivity contribution is 14.1. The number of aromatic nitrogens is 1. The summed E-state index contributed by atoms with van der Waals surface area (Å²) < 4.78 is 57.3. The zero-order valence-electron chi connectivity index (χ0n) is 17.9. The number of urea groups is 1. The van der Waals surface area contributed by atoms with Crippen molar-refractivity contribution < 1.29 is 22.0 Å². The quantitative estimate of drug-likeness (QED) is 0.209. The van der Waals surface area contributed by atoms with E-state index in [1.807, 2.05) is 4.72 Å². The molecule has 0 fully saturated rings. The Hall–Kier alpha value is -3.04. The predicted octanol–water partition coefficient (Wildman–Crippen LogP) is 4.82. The van der Waals surface area contributed by atoms with Crippen LogP contribution in [0, 0.1) is 11.6 Å². The Morgan fingerprint density at radius 3 is 2.51 bits per heavy atom. The highest BCUT2D eigenvalue weighted by Crippen LogP contribution is 2.24. The molecule has 0 aliphatic rings. The van der Waals surface area contributed by atoms with Crippen molar-refractivity contribution in [3.05, 3.63) is 81.6 Å². The number of anilines is 2. The van der Waals surface area contributed by atoms with E-state index >= 15 is 0 Å². The molecule has 2 aromatic carbocycles. The second-order valence-electron chi connectivity index (χ2n) is 7.24. The fourth-order valence-corrected chi connectivity index (χ4v) is 6.16. The Morgan fingerprint density at radius 2 is 1.86 bits per heavy atom. The maximum absolute atomic E-state index is 14.9. The molecule has 8 nitrogen and oxygen atoms in total. The summed E-state index contributed by atoms with van der Waals surface area (Å²) in [5.41, 5.74) is -0.564. The molecule has 0 aliphatic carbocycles. The third kappa shape index (κ3) is 5.16. The lowest BCUT2D eigenvalue weighted by Gasteiger charge is -2.12. The molecule has 3 N–H and O–H groups in total. The van der Waals surface area contributed by atoms with Gasteiger partial charge in [0.25, 0.3) is 15.6 Å². The Morgan fingerprint density at radius 1 is 1.09 bits per heavy atom. The van der Waals surface area contributed by atoms with Crippen molar-refractivity contribution in [2.45, 2.75) is 8.64 Å². The van der Waals surface area contributed by atoms with E-state index in [9.17, 15) is 26.8 Å². The number of nitrogens with zero attached hydrogens (tertiary/aromatic N) is 1. The van der Waals surface area contributed by atoms with Crippen LogP contribution in [-0.2, 0) is 14.5 Å². The number of pyridine rings is 1. The Kier molecular flexibility index (Phi) is 7.10. The number of rotatable bonds is 6. The van der Waals surface area contributed by atoms with E-state index in [1.54, 1.807) is 19.2 Å². The Balaban J connectivity index is 1.57. The van der Waals surface area contributed by atoms with Crippen molar-refractivity contribution in [1.82, 2.24) is 9.29 Å². The molecule has 13 heteroatoms. The van der Waals surface area contributed by atoms with Crippen molar-refractivity contribution >= 4 is 72.1 Å². The number of nitrogens with one attached hydrogen (secondary N) is 3. The third-order valence-electron chi connectivity index (χ3n) is 4.99. The monoisotopic (exact) mass is 630 g/mol. The molecule has 0 aliphatic heterocycles. The summed E-state index contributed by atoms with van der Waals surface area (Å²) in [4.78, 5) is 25.9. The summed E-state index contributed by atoms with van der Waals surface area (Å²) >= 11 is 3.13. The summed E-state index contributed by atoms with van der Waals surface area (Å²) in [5, 5.41) is 5.49. The van der Waals surface area contributed by atoms with Gasteiger partial charge in [-0.1, -0.05) is 22.6 Å². The number of fused-ring (bicyclic) bond motifs is 1.